The van der Waals surface area contributed by atoms with Crippen molar-refractivity contribution in [1.82, 2.24) is 5.48 Å². The quantitative estimate of drug-likeness (QED) is 0.317. The van der Waals surface area contributed by atoms with E-state index < -0.39 is 5.97 Å². The van der Waals surface area contributed by atoms with Gasteiger partial charge in [0, 0.05) is 7.05 Å². The highest BCUT2D eigenvalue weighted by Crippen LogP contribution is 1.87. The van der Waals surface area contributed by atoms with Crippen LogP contribution in [-0.4, -0.2) is 13.0 Å². The van der Waals surface area contributed by atoms with Crippen LogP contribution < -0.4 is 5.48 Å². The lowest BCUT2D eigenvalue weighted by Gasteiger charge is -1.96. The van der Waals surface area contributed by atoms with Crippen molar-refractivity contribution in [1.29, 1.82) is 0 Å². The fraction of sp³-hybridized carbons (Fsp3) is 0.167. The van der Waals surface area contributed by atoms with Crippen molar-refractivity contribution in [3.8, 4) is 12.3 Å². The van der Waals surface area contributed by atoms with Crippen LogP contribution in [0, 0.1) is 12.3 Å². The summed E-state index contributed by atoms with van der Waals surface area (Å²) in [6.45, 7) is 3.24. The van der Waals surface area contributed by atoms with E-state index in [4.69, 9.17) is 6.42 Å². The number of hydrogen-bond donors (Lipinski definition) is 1. The molecule has 0 saturated carbocycles. The number of terminal acetylenes is 1. The lowest BCUT2D eigenvalue weighted by Crippen LogP contribution is -2.15. The van der Waals surface area contributed by atoms with Gasteiger partial charge in [0.25, 0.3) is 0 Å². The van der Waals surface area contributed by atoms with Crippen LogP contribution in [-0.2, 0) is 9.63 Å². The van der Waals surface area contributed by atoms with Crippen molar-refractivity contribution >= 4 is 5.97 Å². The van der Waals surface area contributed by atoms with Gasteiger partial charge in [-0.2, -0.15) is 5.48 Å². The third kappa shape index (κ3) is 2.52. The Hall–Kier alpha value is -1.27. The summed E-state index contributed by atoms with van der Waals surface area (Å²) in [6, 6.07) is 0. The smallest absolute Gasteiger partial charge is 0.364 e. The van der Waals surface area contributed by atoms with Gasteiger partial charge in [0.05, 0.1) is 0 Å². The normalized spacial score (nSPS) is 7.56. The summed E-state index contributed by atoms with van der Waals surface area (Å²) in [5.41, 5.74) is 2.18. The minimum Gasteiger partial charge on any atom is -0.367 e. The third-order valence-corrected chi connectivity index (χ3v) is 0.615. The first-order chi connectivity index (χ1) is 4.22. The monoisotopic (exact) mass is 125 g/mol. The molecule has 0 fully saturated rings. The number of rotatable bonds is 2. The van der Waals surface area contributed by atoms with E-state index in [1.807, 2.05) is 5.92 Å². The van der Waals surface area contributed by atoms with Crippen molar-refractivity contribution in [3.05, 3.63) is 12.2 Å². The summed E-state index contributed by atoms with van der Waals surface area (Å²) < 4.78 is 0. The Morgan fingerprint density at radius 1 is 1.89 bits per heavy atom. The molecule has 0 unspecified atom stereocenters. The molecule has 0 aromatic carbocycles. The summed E-state index contributed by atoms with van der Waals surface area (Å²) in [5, 5.41) is 0. The minimum atomic E-state index is -0.625. The Morgan fingerprint density at radius 2 is 2.44 bits per heavy atom. The van der Waals surface area contributed by atoms with Crippen molar-refractivity contribution in [2.24, 2.45) is 0 Å². The molecule has 0 rings (SSSR count). The van der Waals surface area contributed by atoms with Crippen LogP contribution in [0.25, 0.3) is 0 Å². The maximum atomic E-state index is 10.4. The van der Waals surface area contributed by atoms with E-state index >= 15 is 0 Å². The van der Waals surface area contributed by atoms with E-state index in [1.54, 1.807) is 0 Å². The van der Waals surface area contributed by atoms with Crippen LogP contribution in [0.3, 0.4) is 0 Å². The maximum Gasteiger partial charge on any atom is 0.364 e. The predicted molar refractivity (Wildman–Crippen MR) is 33.1 cm³/mol. The molecule has 9 heavy (non-hydrogen) atoms. The van der Waals surface area contributed by atoms with Crippen LogP contribution in [0.15, 0.2) is 12.2 Å². The summed E-state index contributed by atoms with van der Waals surface area (Å²) in [6.07, 6.45) is 4.83. The van der Waals surface area contributed by atoms with Gasteiger partial charge in [0.1, 0.15) is 5.57 Å². The van der Waals surface area contributed by atoms with Gasteiger partial charge in [-0.05, 0) is 0 Å². The standard InChI is InChI=1S/C6H7NO2/c1-4-5(2)6(8)9-7-3/h1,7H,2H2,3H3. The average molecular weight is 125 g/mol. The first-order valence-electron chi connectivity index (χ1n) is 2.25. The Morgan fingerprint density at radius 3 is 2.78 bits per heavy atom. The van der Waals surface area contributed by atoms with Crippen LogP contribution in [0.1, 0.15) is 0 Å². The third-order valence-electron chi connectivity index (χ3n) is 0.615. The highest BCUT2D eigenvalue weighted by molar-refractivity contribution is 5.92. The topological polar surface area (TPSA) is 38.3 Å². The Balaban J connectivity index is 3.78. The van der Waals surface area contributed by atoms with E-state index in [2.05, 4.69) is 16.9 Å². The molecule has 0 bridgehead atoms. The summed E-state index contributed by atoms with van der Waals surface area (Å²) in [7, 11) is 1.46. The summed E-state index contributed by atoms with van der Waals surface area (Å²) in [4.78, 5) is 14.7. The van der Waals surface area contributed by atoms with Crippen LogP contribution in [0.5, 0.6) is 0 Å². The van der Waals surface area contributed by atoms with Gasteiger partial charge < -0.3 is 4.84 Å². The van der Waals surface area contributed by atoms with Gasteiger partial charge in [-0.15, -0.1) is 6.42 Å². The van der Waals surface area contributed by atoms with Crippen molar-refractivity contribution in [2.45, 2.75) is 0 Å². The van der Waals surface area contributed by atoms with Crippen molar-refractivity contribution in [2.75, 3.05) is 7.05 Å². The number of carbonyl (C=O) groups is 1. The molecular formula is C6H7NO2. The molecule has 3 nitrogen and oxygen atoms in total. The molecule has 1 N–H and O–H groups in total. The molecule has 0 atom stereocenters. The van der Waals surface area contributed by atoms with E-state index in [9.17, 15) is 4.79 Å². The zero-order valence-corrected chi connectivity index (χ0v) is 5.10. The fourth-order valence-electron chi connectivity index (χ4n) is 0.213. The zero-order valence-electron chi connectivity index (χ0n) is 5.10. The summed E-state index contributed by atoms with van der Waals surface area (Å²) in [5.74, 6) is 1.42. The summed E-state index contributed by atoms with van der Waals surface area (Å²) >= 11 is 0. The molecule has 0 spiro atoms. The molecule has 0 heterocycles. The lowest BCUT2D eigenvalue weighted by atomic mass is 10.3. The molecule has 48 valence electrons. The lowest BCUT2D eigenvalue weighted by molar-refractivity contribution is -0.144. The first-order valence-corrected chi connectivity index (χ1v) is 2.25. The number of carbonyl (C=O) groups excluding carboxylic acids is 1. The van der Waals surface area contributed by atoms with Crippen LogP contribution in [0.2, 0.25) is 0 Å². The number of hydrogen-bond acceptors (Lipinski definition) is 3. The van der Waals surface area contributed by atoms with Crippen molar-refractivity contribution < 1.29 is 9.63 Å². The predicted octanol–water partition coefficient (Wildman–Crippen LogP) is -0.147. The van der Waals surface area contributed by atoms with Gasteiger partial charge >= 0.3 is 5.97 Å². The van der Waals surface area contributed by atoms with Gasteiger partial charge in [0.15, 0.2) is 0 Å². The molecule has 0 amide bonds. The average Bonchev–Trinajstić information content (AvgIpc) is 1.87. The highest BCUT2D eigenvalue weighted by Gasteiger charge is 2.02. The molecule has 0 aromatic heterocycles. The van der Waals surface area contributed by atoms with E-state index in [1.165, 1.54) is 7.05 Å². The second-order valence-electron chi connectivity index (χ2n) is 1.22. The maximum absolute atomic E-state index is 10.4. The van der Waals surface area contributed by atoms with Gasteiger partial charge in [-0.25, -0.2) is 4.79 Å². The van der Waals surface area contributed by atoms with Gasteiger partial charge in [-0.1, -0.05) is 12.5 Å². The molecule has 0 aliphatic heterocycles. The largest absolute Gasteiger partial charge is 0.367 e. The second kappa shape index (κ2) is 3.70. The van der Waals surface area contributed by atoms with E-state index in [0.29, 0.717) is 0 Å². The second-order valence-corrected chi connectivity index (χ2v) is 1.22. The molecule has 0 aliphatic rings. The fourth-order valence-corrected chi connectivity index (χ4v) is 0.213. The molecule has 0 saturated heterocycles. The SMILES string of the molecule is C#CC(=C)C(=O)ONC. The minimum absolute atomic E-state index is 0.00403. The van der Waals surface area contributed by atoms with Crippen LogP contribution in [0.4, 0.5) is 0 Å². The van der Waals surface area contributed by atoms with Gasteiger partial charge in [-0.3, -0.25) is 0 Å². The van der Waals surface area contributed by atoms with E-state index in [0.717, 1.165) is 0 Å². The molecule has 0 radical (unpaired) electrons. The zero-order chi connectivity index (χ0) is 7.28. The molecular weight excluding hydrogens is 118 g/mol. The Kier molecular flexibility index (Phi) is 3.18. The van der Waals surface area contributed by atoms with E-state index in [-0.39, 0.29) is 5.57 Å². The van der Waals surface area contributed by atoms with Crippen molar-refractivity contribution in [3.63, 3.8) is 0 Å². The van der Waals surface area contributed by atoms with Gasteiger partial charge in [0.2, 0.25) is 0 Å². The number of nitrogens with one attached hydrogen (secondary N) is 1. The molecule has 3 heteroatoms. The van der Waals surface area contributed by atoms with Crippen LogP contribution >= 0.6 is 0 Å². The Labute approximate surface area is 53.7 Å². The molecule has 0 aromatic rings. The highest BCUT2D eigenvalue weighted by atomic mass is 16.7. The number of hydroxylamine groups is 1. The first kappa shape index (κ1) is 7.73. The molecule has 0 aliphatic carbocycles. The Bertz CT molecular complexity index is 166.